The number of nitrogens with one attached hydrogen (secondary N) is 1. The Balaban J connectivity index is 0.00000364. The van der Waals surface area contributed by atoms with Crippen molar-refractivity contribution in [2.45, 2.75) is 20.4 Å². The molecular formula is C19H31IN4O3. The normalized spacial score (nSPS) is 14.6. The summed E-state index contributed by atoms with van der Waals surface area (Å²) >= 11 is 0. The minimum atomic E-state index is 0. The number of carbonyl (C=O) groups excluding carboxylic acids is 1. The van der Waals surface area contributed by atoms with Crippen LogP contribution in [0.5, 0.6) is 5.75 Å². The Morgan fingerprint density at radius 2 is 1.74 bits per heavy atom. The Labute approximate surface area is 179 Å². The maximum atomic E-state index is 11.5. The van der Waals surface area contributed by atoms with Crippen molar-refractivity contribution in [3.63, 3.8) is 0 Å². The fraction of sp³-hybridized carbons (Fsp3) is 0.579. The number of aliphatic imine (C=N–C) groups is 1. The van der Waals surface area contributed by atoms with Gasteiger partial charge in [-0.3, -0.25) is 4.79 Å². The molecule has 0 atom stereocenters. The summed E-state index contributed by atoms with van der Waals surface area (Å²) in [6, 6.07) is 7.98. The molecule has 0 aromatic heterocycles. The molecule has 1 heterocycles. The van der Waals surface area contributed by atoms with Gasteiger partial charge in [0.05, 0.1) is 13.2 Å². The Hall–Kier alpha value is -1.55. The zero-order valence-corrected chi connectivity index (χ0v) is 18.8. The van der Waals surface area contributed by atoms with E-state index >= 15 is 0 Å². The van der Waals surface area contributed by atoms with Gasteiger partial charge in [-0.1, -0.05) is 12.1 Å². The molecule has 0 radical (unpaired) electrons. The van der Waals surface area contributed by atoms with E-state index < -0.39 is 0 Å². The van der Waals surface area contributed by atoms with Gasteiger partial charge in [0.2, 0.25) is 5.91 Å². The first-order valence-electron chi connectivity index (χ1n) is 9.13. The van der Waals surface area contributed by atoms with Crippen LogP contribution in [0, 0.1) is 0 Å². The lowest BCUT2D eigenvalue weighted by atomic mass is 10.2. The molecule has 1 amide bonds. The second-order valence-corrected chi connectivity index (χ2v) is 6.15. The third-order valence-electron chi connectivity index (χ3n) is 4.25. The van der Waals surface area contributed by atoms with Crippen molar-refractivity contribution in [3.05, 3.63) is 29.8 Å². The number of nitrogens with zero attached hydrogens (tertiary/aromatic N) is 3. The van der Waals surface area contributed by atoms with Gasteiger partial charge in [0.1, 0.15) is 12.4 Å². The first kappa shape index (κ1) is 23.5. The molecule has 2 rings (SSSR count). The number of piperazine rings is 1. The van der Waals surface area contributed by atoms with Crippen LogP contribution < -0.4 is 10.1 Å². The van der Waals surface area contributed by atoms with Gasteiger partial charge in [-0.25, -0.2) is 4.99 Å². The maximum absolute atomic E-state index is 11.5. The third-order valence-corrected chi connectivity index (χ3v) is 4.25. The molecule has 0 bridgehead atoms. The molecule has 0 saturated carbocycles. The van der Waals surface area contributed by atoms with Crippen LogP contribution in [0.3, 0.4) is 0 Å². The van der Waals surface area contributed by atoms with Crippen molar-refractivity contribution in [2.24, 2.45) is 4.99 Å². The van der Waals surface area contributed by atoms with Crippen LogP contribution in [-0.2, 0) is 16.1 Å². The number of guanidine groups is 1. The quantitative estimate of drug-likeness (QED) is 0.274. The largest absolute Gasteiger partial charge is 0.491 e. The SMILES string of the molecule is CCNC(=NCc1ccc(OCCOC)cc1)N1CCN(C(C)=O)CC1.I. The van der Waals surface area contributed by atoms with Gasteiger partial charge in [-0.15, -0.1) is 24.0 Å². The number of hydrogen-bond donors (Lipinski definition) is 1. The molecule has 0 spiro atoms. The van der Waals surface area contributed by atoms with E-state index in [9.17, 15) is 4.79 Å². The molecule has 1 aliphatic rings. The third kappa shape index (κ3) is 7.92. The molecule has 1 aromatic rings. The summed E-state index contributed by atoms with van der Waals surface area (Å²) in [7, 11) is 1.66. The molecular weight excluding hydrogens is 459 g/mol. The Morgan fingerprint density at radius 3 is 2.30 bits per heavy atom. The number of methoxy groups -OCH3 is 1. The molecule has 1 saturated heterocycles. The van der Waals surface area contributed by atoms with Gasteiger partial charge in [0.15, 0.2) is 5.96 Å². The van der Waals surface area contributed by atoms with Gasteiger partial charge in [-0.05, 0) is 24.6 Å². The molecule has 0 unspecified atom stereocenters. The van der Waals surface area contributed by atoms with Crippen molar-refractivity contribution in [3.8, 4) is 5.75 Å². The highest BCUT2D eigenvalue weighted by atomic mass is 127. The number of carbonyl (C=O) groups is 1. The van der Waals surface area contributed by atoms with Crippen molar-refractivity contribution >= 4 is 35.8 Å². The average Bonchev–Trinajstić information content (AvgIpc) is 2.66. The number of amides is 1. The van der Waals surface area contributed by atoms with E-state index in [0.717, 1.165) is 50.0 Å². The van der Waals surface area contributed by atoms with Crippen molar-refractivity contribution < 1.29 is 14.3 Å². The summed E-state index contributed by atoms with van der Waals surface area (Å²) in [5.41, 5.74) is 1.13. The van der Waals surface area contributed by atoms with Crippen LogP contribution in [-0.4, -0.2) is 74.7 Å². The highest BCUT2D eigenvalue weighted by Gasteiger charge is 2.20. The predicted molar refractivity (Wildman–Crippen MR) is 118 cm³/mol. The summed E-state index contributed by atoms with van der Waals surface area (Å²) in [4.78, 5) is 20.3. The molecule has 152 valence electrons. The van der Waals surface area contributed by atoms with E-state index in [-0.39, 0.29) is 29.9 Å². The maximum Gasteiger partial charge on any atom is 0.219 e. The van der Waals surface area contributed by atoms with Crippen LogP contribution in [0.4, 0.5) is 0 Å². The number of halogens is 1. The van der Waals surface area contributed by atoms with Gasteiger partial charge in [0.25, 0.3) is 0 Å². The average molecular weight is 490 g/mol. The van der Waals surface area contributed by atoms with Crippen molar-refractivity contribution in [2.75, 3.05) is 53.0 Å². The van der Waals surface area contributed by atoms with E-state index in [1.165, 1.54) is 0 Å². The van der Waals surface area contributed by atoms with E-state index in [0.29, 0.717) is 19.8 Å². The molecule has 0 aliphatic carbocycles. The number of ether oxygens (including phenoxy) is 2. The fourth-order valence-corrected chi connectivity index (χ4v) is 2.76. The summed E-state index contributed by atoms with van der Waals surface area (Å²) in [5, 5.41) is 3.35. The standard InChI is InChI=1S/C19H30N4O3.HI/c1-4-20-19(23-11-9-22(10-12-23)16(2)24)21-15-17-5-7-18(8-6-17)26-14-13-25-3;/h5-8H,4,9-15H2,1-3H3,(H,20,21);1H. The lowest BCUT2D eigenvalue weighted by Gasteiger charge is -2.36. The van der Waals surface area contributed by atoms with Crippen LogP contribution in [0.2, 0.25) is 0 Å². The lowest BCUT2D eigenvalue weighted by Crippen LogP contribution is -2.53. The van der Waals surface area contributed by atoms with Gasteiger partial charge in [-0.2, -0.15) is 0 Å². The summed E-state index contributed by atoms with van der Waals surface area (Å²) < 4.78 is 10.6. The van der Waals surface area contributed by atoms with E-state index in [2.05, 4.69) is 17.1 Å². The number of rotatable bonds is 7. The first-order valence-corrected chi connectivity index (χ1v) is 9.13. The first-order chi connectivity index (χ1) is 12.6. The molecule has 8 heteroatoms. The summed E-state index contributed by atoms with van der Waals surface area (Å²) in [6.07, 6.45) is 0. The Bertz CT molecular complexity index is 587. The molecule has 1 fully saturated rings. The minimum Gasteiger partial charge on any atom is -0.491 e. The van der Waals surface area contributed by atoms with Gasteiger partial charge in [0, 0.05) is 46.8 Å². The van der Waals surface area contributed by atoms with Crippen LogP contribution in [0.25, 0.3) is 0 Å². The van der Waals surface area contributed by atoms with Crippen LogP contribution >= 0.6 is 24.0 Å². The molecule has 1 N–H and O–H groups in total. The second-order valence-electron chi connectivity index (χ2n) is 6.15. The van der Waals surface area contributed by atoms with Crippen molar-refractivity contribution in [1.29, 1.82) is 0 Å². The molecule has 1 aliphatic heterocycles. The zero-order chi connectivity index (χ0) is 18.8. The molecule has 7 nitrogen and oxygen atoms in total. The Kier molecular flexibility index (Phi) is 11.1. The monoisotopic (exact) mass is 490 g/mol. The van der Waals surface area contributed by atoms with E-state index in [4.69, 9.17) is 14.5 Å². The van der Waals surface area contributed by atoms with Gasteiger partial charge >= 0.3 is 0 Å². The van der Waals surface area contributed by atoms with Crippen molar-refractivity contribution in [1.82, 2.24) is 15.1 Å². The Morgan fingerprint density at radius 1 is 1.11 bits per heavy atom. The number of benzene rings is 1. The summed E-state index contributed by atoms with van der Waals surface area (Å²) in [6.45, 7) is 9.33. The summed E-state index contributed by atoms with van der Waals surface area (Å²) in [5.74, 6) is 1.87. The highest BCUT2D eigenvalue weighted by molar-refractivity contribution is 14.0. The van der Waals surface area contributed by atoms with E-state index in [1.807, 2.05) is 29.2 Å². The highest BCUT2D eigenvalue weighted by Crippen LogP contribution is 2.13. The van der Waals surface area contributed by atoms with Gasteiger partial charge < -0.3 is 24.6 Å². The molecule has 27 heavy (non-hydrogen) atoms. The minimum absolute atomic E-state index is 0. The van der Waals surface area contributed by atoms with Crippen LogP contribution in [0.1, 0.15) is 19.4 Å². The molecule has 1 aromatic carbocycles. The lowest BCUT2D eigenvalue weighted by molar-refractivity contribution is -0.130. The smallest absolute Gasteiger partial charge is 0.219 e. The second kappa shape index (κ2) is 12.8. The number of hydrogen-bond acceptors (Lipinski definition) is 4. The topological polar surface area (TPSA) is 66.4 Å². The predicted octanol–water partition coefficient (Wildman–Crippen LogP) is 1.96. The zero-order valence-electron chi connectivity index (χ0n) is 16.4. The van der Waals surface area contributed by atoms with Crippen LogP contribution in [0.15, 0.2) is 29.3 Å². The fourth-order valence-electron chi connectivity index (χ4n) is 2.76. The van der Waals surface area contributed by atoms with E-state index in [1.54, 1.807) is 14.0 Å².